The zero-order valence-electron chi connectivity index (χ0n) is 12.2. The third kappa shape index (κ3) is 2.05. The van der Waals surface area contributed by atoms with Gasteiger partial charge >= 0.3 is 0 Å². The molecule has 112 valence electrons. The molecule has 5 heteroatoms. The lowest BCUT2D eigenvalue weighted by molar-refractivity contribution is 0.174. The van der Waals surface area contributed by atoms with Gasteiger partial charge in [0.15, 0.2) is 23.0 Å². The molecule has 2 heterocycles. The average molecular weight is 314 g/mol. The fraction of sp³-hybridized carbons (Fsp3) is 0.176. The topological polar surface area (TPSA) is 36.9 Å². The molecule has 0 aliphatic carbocycles. The summed E-state index contributed by atoms with van der Waals surface area (Å²) in [7, 11) is 3.28. The van der Waals surface area contributed by atoms with Gasteiger partial charge in [0.1, 0.15) is 0 Å². The van der Waals surface area contributed by atoms with E-state index in [9.17, 15) is 0 Å². The van der Waals surface area contributed by atoms with Crippen LogP contribution in [0.15, 0.2) is 36.4 Å². The maximum atomic E-state index is 5.44. The standard InChI is InChI=1S/C17H14O4S/c1-18-12-4-3-10(5-13(12)19-2)16-7-11-6-14-15(21-9-20-14)8-17(11)22-16/h3-8H,9H2,1-2H3. The second kappa shape index (κ2) is 5.10. The van der Waals surface area contributed by atoms with Crippen LogP contribution in [0.25, 0.3) is 20.5 Å². The van der Waals surface area contributed by atoms with Crippen molar-refractivity contribution in [1.29, 1.82) is 0 Å². The van der Waals surface area contributed by atoms with E-state index in [0.29, 0.717) is 6.79 Å². The van der Waals surface area contributed by atoms with E-state index in [1.807, 2.05) is 30.3 Å². The first-order valence-electron chi connectivity index (χ1n) is 6.84. The number of thiophene rings is 1. The van der Waals surface area contributed by atoms with E-state index in [2.05, 4.69) is 6.07 Å². The van der Waals surface area contributed by atoms with Crippen molar-refractivity contribution in [3.63, 3.8) is 0 Å². The largest absolute Gasteiger partial charge is 0.493 e. The summed E-state index contributed by atoms with van der Waals surface area (Å²) in [5, 5.41) is 1.15. The van der Waals surface area contributed by atoms with Crippen molar-refractivity contribution in [2.75, 3.05) is 21.0 Å². The van der Waals surface area contributed by atoms with Gasteiger partial charge in [-0.2, -0.15) is 0 Å². The van der Waals surface area contributed by atoms with Crippen molar-refractivity contribution < 1.29 is 18.9 Å². The minimum atomic E-state index is 0.301. The molecule has 0 bridgehead atoms. The number of fused-ring (bicyclic) bond motifs is 2. The highest BCUT2D eigenvalue weighted by Crippen LogP contribution is 2.42. The lowest BCUT2D eigenvalue weighted by Gasteiger charge is -2.08. The Kier molecular flexibility index (Phi) is 3.08. The third-order valence-electron chi connectivity index (χ3n) is 3.68. The second-order valence-electron chi connectivity index (χ2n) is 4.92. The number of rotatable bonds is 3. The number of hydrogen-bond donors (Lipinski definition) is 0. The minimum absolute atomic E-state index is 0.301. The van der Waals surface area contributed by atoms with E-state index in [-0.39, 0.29) is 0 Å². The van der Waals surface area contributed by atoms with Gasteiger partial charge in [-0.15, -0.1) is 11.3 Å². The van der Waals surface area contributed by atoms with E-state index >= 15 is 0 Å². The molecule has 0 amide bonds. The van der Waals surface area contributed by atoms with Gasteiger partial charge in [-0.25, -0.2) is 0 Å². The van der Waals surface area contributed by atoms with Crippen LogP contribution in [0, 0.1) is 0 Å². The zero-order valence-corrected chi connectivity index (χ0v) is 13.0. The fourth-order valence-corrected chi connectivity index (χ4v) is 3.63. The first kappa shape index (κ1) is 13.3. The van der Waals surface area contributed by atoms with Gasteiger partial charge in [-0.1, -0.05) is 0 Å². The number of benzene rings is 2. The predicted octanol–water partition coefficient (Wildman–Crippen LogP) is 4.31. The summed E-state index contributed by atoms with van der Waals surface area (Å²) in [4.78, 5) is 1.17. The third-order valence-corrected chi connectivity index (χ3v) is 4.83. The molecule has 0 saturated carbocycles. The summed E-state index contributed by atoms with van der Waals surface area (Å²) in [6.45, 7) is 0.301. The highest BCUT2D eigenvalue weighted by atomic mass is 32.1. The van der Waals surface area contributed by atoms with Crippen LogP contribution >= 0.6 is 11.3 Å². The first-order chi connectivity index (χ1) is 10.8. The highest BCUT2D eigenvalue weighted by Gasteiger charge is 2.16. The molecule has 0 spiro atoms. The van der Waals surface area contributed by atoms with E-state index < -0.39 is 0 Å². The molecule has 0 atom stereocenters. The molecule has 1 aliphatic rings. The van der Waals surface area contributed by atoms with Crippen LogP contribution in [0.4, 0.5) is 0 Å². The molecule has 0 fully saturated rings. The van der Waals surface area contributed by atoms with E-state index in [0.717, 1.165) is 33.9 Å². The molecule has 0 saturated heterocycles. The maximum Gasteiger partial charge on any atom is 0.231 e. The van der Waals surface area contributed by atoms with Crippen molar-refractivity contribution in [1.82, 2.24) is 0 Å². The van der Waals surface area contributed by atoms with Crippen molar-refractivity contribution in [2.45, 2.75) is 0 Å². The Balaban J connectivity index is 1.81. The second-order valence-corrected chi connectivity index (χ2v) is 6.01. The predicted molar refractivity (Wildman–Crippen MR) is 86.5 cm³/mol. The highest BCUT2D eigenvalue weighted by molar-refractivity contribution is 7.22. The molecule has 1 aromatic heterocycles. The zero-order chi connectivity index (χ0) is 15.1. The average Bonchev–Trinajstić information content (AvgIpc) is 3.17. The van der Waals surface area contributed by atoms with E-state index in [1.54, 1.807) is 25.6 Å². The van der Waals surface area contributed by atoms with Crippen LogP contribution in [0.1, 0.15) is 0 Å². The Labute approximate surface area is 131 Å². The van der Waals surface area contributed by atoms with Crippen molar-refractivity contribution in [3.05, 3.63) is 36.4 Å². The van der Waals surface area contributed by atoms with Crippen molar-refractivity contribution in [3.8, 4) is 33.4 Å². The summed E-state index contributed by atoms with van der Waals surface area (Å²) in [5.74, 6) is 3.08. The number of ether oxygens (including phenoxy) is 4. The monoisotopic (exact) mass is 314 g/mol. The Hall–Kier alpha value is -2.40. The Bertz CT molecular complexity index is 812. The summed E-state index contributed by atoms with van der Waals surface area (Å²) in [6.07, 6.45) is 0. The lowest BCUT2D eigenvalue weighted by Crippen LogP contribution is -1.92. The van der Waals surface area contributed by atoms with Crippen molar-refractivity contribution >= 4 is 21.4 Å². The number of methoxy groups -OCH3 is 2. The van der Waals surface area contributed by atoms with Crippen LogP contribution in [0.3, 0.4) is 0 Å². The lowest BCUT2D eigenvalue weighted by atomic mass is 10.1. The smallest absolute Gasteiger partial charge is 0.231 e. The molecule has 0 radical (unpaired) electrons. The Morgan fingerprint density at radius 1 is 0.909 bits per heavy atom. The van der Waals surface area contributed by atoms with E-state index in [4.69, 9.17) is 18.9 Å². The molecule has 2 aromatic carbocycles. The van der Waals surface area contributed by atoms with Crippen LogP contribution in [-0.2, 0) is 0 Å². The molecule has 0 unspecified atom stereocenters. The molecule has 4 nitrogen and oxygen atoms in total. The summed E-state index contributed by atoms with van der Waals surface area (Å²) in [5.41, 5.74) is 1.10. The summed E-state index contributed by atoms with van der Waals surface area (Å²) >= 11 is 1.72. The normalized spacial score (nSPS) is 12.6. The van der Waals surface area contributed by atoms with Gasteiger partial charge in [0.2, 0.25) is 6.79 Å². The molecule has 1 aliphatic heterocycles. The fourth-order valence-electron chi connectivity index (χ4n) is 2.56. The van der Waals surface area contributed by atoms with Gasteiger partial charge in [0, 0.05) is 15.6 Å². The van der Waals surface area contributed by atoms with Crippen LogP contribution in [-0.4, -0.2) is 21.0 Å². The molecular formula is C17H14O4S. The number of hydrogen-bond acceptors (Lipinski definition) is 5. The maximum absolute atomic E-state index is 5.44. The van der Waals surface area contributed by atoms with Gasteiger partial charge in [-0.05, 0) is 41.3 Å². The molecular weight excluding hydrogens is 300 g/mol. The van der Waals surface area contributed by atoms with Crippen LogP contribution in [0.2, 0.25) is 0 Å². The van der Waals surface area contributed by atoms with Gasteiger partial charge < -0.3 is 18.9 Å². The van der Waals surface area contributed by atoms with Gasteiger partial charge in [-0.3, -0.25) is 0 Å². The minimum Gasteiger partial charge on any atom is -0.493 e. The van der Waals surface area contributed by atoms with Gasteiger partial charge in [0.05, 0.1) is 14.2 Å². The quantitative estimate of drug-likeness (QED) is 0.721. The van der Waals surface area contributed by atoms with Gasteiger partial charge in [0.25, 0.3) is 0 Å². The van der Waals surface area contributed by atoms with Crippen molar-refractivity contribution in [2.24, 2.45) is 0 Å². The summed E-state index contributed by atoms with van der Waals surface area (Å²) in [6, 6.07) is 12.2. The SMILES string of the molecule is COc1ccc(-c2cc3cc4c(cc3s2)OCO4)cc1OC. The Morgan fingerprint density at radius 3 is 2.45 bits per heavy atom. The van der Waals surface area contributed by atoms with Crippen LogP contribution < -0.4 is 18.9 Å². The first-order valence-corrected chi connectivity index (χ1v) is 7.66. The molecule has 0 N–H and O–H groups in total. The van der Waals surface area contributed by atoms with Crippen LogP contribution in [0.5, 0.6) is 23.0 Å². The Morgan fingerprint density at radius 2 is 1.68 bits per heavy atom. The molecule has 3 aromatic rings. The molecule has 22 heavy (non-hydrogen) atoms. The van der Waals surface area contributed by atoms with E-state index in [1.165, 1.54) is 9.58 Å². The molecule has 4 rings (SSSR count). The summed E-state index contributed by atoms with van der Waals surface area (Å²) < 4.78 is 22.7.